The second kappa shape index (κ2) is 8.60. The van der Waals surface area contributed by atoms with Crippen LogP contribution in [0.25, 0.3) is 16.4 Å². The Balaban J connectivity index is 1.68. The molecular weight excluding hydrogens is 482 g/mol. The lowest BCUT2D eigenvalue weighted by Gasteiger charge is -2.14. The molecule has 0 fully saturated rings. The van der Waals surface area contributed by atoms with E-state index in [4.69, 9.17) is 0 Å². The van der Waals surface area contributed by atoms with Crippen LogP contribution in [0.15, 0.2) is 60.0 Å². The Morgan fingerprint density at radius 1 is 0.941 bits per heavy atom. The van der Waals surface area contributed by atoms with E-state index >= 15 is 0 Å². The lowest BCUT2D eigenvalue weighted by Crippen LogP contribution is -2.18. The Morgan fingerprint density at radius 3 is 2.15 bits per heavy atom. The number of anilines is 1. The van der Waals surface area contributed by atoms with Crippen molar-refractivity contribution >= 4 is 23.1 Å². The number of nitrogens with zero attached hydrogens (tertiary/aromatic N) is 3. The standard InChI is InChI=1S/C22H14F6N4OS/c1-12-7-18(32(31-12)20-29-17(11-34-20)13-5-3-2-4-6-13)30-19(33)14-8-15(21(23,24)25)10-16(9-14)22(26,27)28/h2-11H,1H3,(H,30,33). The van der Waals surface area contributed by atoms with Gasteiger partial charge in [0.05, 0.1) is 22.5 Å². The van der Waals surface area contributed by atoms with E-state index in [0.29, 0.717) is 28.7 Å². The fourth-order valence-corrected chi connectivity index (χ4v) is 3.91. The first-order chi connectivity index (χ1) is 15.9. The Morgan fingerprint density at radius 2 is 1.56 bits per heavy atom. The van der Waals surface area contributed by atoms with Crippen LogP contribution in [0.5, 0.6) is 0 Å². The number of benzene rings is 2. The van der Waals surface area contributed by atoms with Gasteiger partial charge in [0.1, 0.15) is 5.82 Å². The highest BCUT2D eigenvalue weighted by atomic mass is 32.1. The summed E-state index contributed by atoms with van der Waals surface area (Å²) in [5.74, 6) is -1.11. The summed E-state index contributed by atoms with van der Waals surface area (Å²) in [6.45, 7) is 1.61. The summed E-state index contributed by atoms with van der Waals surface area (Å²) in [6.07, 6.45) is -10.1. The van der Waals surface area contributed by atoms with Crippen molar-refractivity contribution in [2.24, 2.45) is 0 Å². The van der Waals surface area contributed by atoms with Gasteiger partial charge in [0.15, 0.2) is 0 Å². The van der Waals surface area contributed by atoms with Gasteiger partial charge in [-0.25, -0.2) is 4.98 Å². The van der Waals surface area contributed by atoms with Crippen molar-refractivity contribution < 1.29 is 31.1 Å². The number of hydrogen-bond acceptors (Lipinski definition) is 4. The van der Waals surface area contributed by atoms with E-state index in [1.807, 2.05) is 30.3 Å². The molecule has 2 heterocycles. The number of amides is 1. The van der Waals surface area contributed by atoms with E-state index in [1.54, 1.807) is 12.3 Å². The van der Waals surface area contributed by atoms with Crippen molar-refractivity contribution in [3.05, 3.63) is 82.4 Å². The summed E-state index contributed by atoms with van der Waals surface area (Å²) in [7, 11) is 0. The molecule has 2 aromatic carbocycles. The van der Waals surface area contributed by atoms with Gasteiger partial charge in [0.25, 0.3) is 5.91 Å². The molecule has 0 radical (unpaired) electrons. The number of nitrogens with one attached hydrogen (secondary N) is 1. The molecule has 0 unspecified atom stereocenters. The summed E-state index contributed by atoms with van der Waals surface area (Å²) >= 11 is 1.20. The first kappa shape index (κ1) is 23.5. The Labute approximate surface area is 192 Å². The summed E-state index contributed by atoms with van der Waals surface area (Å²) in [5, 5.41) is 8.69. The van der Waals surface area contributed by atoms with Gasteiger partial charge in [-0.05, 0) is 25.1 Å². The largest absolute Gasteiger partial charge is 0.416 e. The molecule has 34 heavy (non-hydrogen) atoms. The molecule has 12 heteroatoms. The topological polar surface area (TPSA) is 59.8 Å². The molecule has 0 aliphatic heterocycles. The van der Waals surface area contributed by atoms with E-state index in [0.717, 1.165) is 5.56 Å². The van der Waals surface area contributed by atoms with Crippen LogP contribution < -0.4 is 5.32 Å². The number of hydrogen-bond donors (Lipinski definition) is 1. The van der Waals surface area contributed by atoms with Crippen LogP contribution in [-0.4, -0.2) is 20.7 Å². The Bertz CT molecular complexity index is 1310. The van der Waals surface area contributed by atoms with Gasteiger partial charge < -0.3 is 5.32 Å². The monoisotopic (exact) mass is 496 g/mol. The molecule has 4 rings (SSSR count). The third-order valence-electron chi connectivity index (χ3n) is 4.67. The number of thiazole rings is 1. The minimum atomic E-state index is -5.07. The van der Waals surface area contributed by atoms with Crippen LogP contribution in [0.1, 0.15) is 27.2 Å². The van der Waals surface area contributed by atoms with Gasteiger partial charge in [-0.15, -0.1) is 11.3 Å². The van der Waals surface area contributed by atoms with Crippen LogP contribution >= 0.6 is 11.3 Å². The molecule has 0 aliphatic rings. The van der Waals surface area contributed by atoms with Gasteiger partial charge >= 0.3 is 12.4 Å². The highest BCUT2D eigenvalue weighted by Gasteiger charge is 2.37. The SMILES string of the molecule is Cc1cc(NC(=O)c2cc(C(F)(F)F)cc(C(F)(F)F)c2)n(-c2nc(-c3ccccc3)cs2)n1. The summed E-state index contributed by atoms with van der Waals surface area (Å²) in [5.41, 5.74) is -2.03. The minimum Gasteiger partial charge on any atom is -0.306 e. The fourth-order valence-electron chi connectivity index (χ4n) is 3.11. The van der Waals surface area contributed by atoms with Crippen molar-refractivity contribution in [1.29, 1.82) is 0 Å². The van der Waals surface area contributed by atoms with Crippen molar-refractivity contribution in [3.63, 3.8) is 0 Å². The maximum absolute atomic E-state index is 13.1. The smallest absolute Gasteiger partial charge is 0.306 e. The zero-order valence-electron chi connectivity index (χ0n) is 17.2. The quantitative estimate of drug-likeness (QED) is 0.324. The molecule has 0 spiro atoms. The van der Waals surface area contributed by atoms with Gasteiger partial charge in [0, 0.05) is 22.6 Å². The molecule has 0 saturated heterocycles. The van der Waals surface area contributed by atoms with E-state index in [-0.39, 0.29) is 11.9 Å². The number of aryl methyl sites for hydroxylation is 1. The number of aromatic nitrogens is 3. The summed E-state index contributed by atoms with van der Waals surface area (Å²) in [6, 6.07) is 11.4. The number of rotatable bonds is 4. The molecule has 0 saturated carbocycles. The van der Waals surface area contributed by atoms with Crippen molar-refractivity contribution in [3.8, 4) is 16.4 Å². The van der Waals surface area contributed by atoms with E-state index in [2.05, 4.69) is 15.4 Å². The van der Waals surface area contributed by atoms with Crippen molar-refractivity contribution in [2.45, 2.75) is 19.3 Å². The third kappa shape index (κ3) is 4.96. The molecular formula is C22H14F6N4OS. The molecule has 0 aliphatic carbocycles. The van der Waals surface area contributed by atoms with Crippen LogP contribution in [0.3, 0.4) is 0 Å². The highest BCUT2D eigenvalue weighted by molar-refractivity contribution is 7.12. The van der Waals surface area contributed by atoms with Crippen LogP contribution in [-0.2, 0) is 12.4 Å². The van der Waals surface area contributed by atoms with E-state index in [1.165, 1.54) is 22.1 Å². The second-order valence-electron chi connectivity index (χ2n) is 7.21. The van der Waals surface area contributed by atoms with Crippen molar-refractivity contribution in [1.82, 2.24) is 14.8 Å². The summed E-state index contributed by atoms with van der Waals surface area (Å²) in [4.78, 5) is 17.2. The average Bonchev–Trinajstić information content (AvgIpc) is 3.39. The number of halogens is 6. The van der Waals surface area contributed by atoms with Crippen molar-refractivity contribution in [2.75, 3.05) is 5.32 Å². The molecule has 5 nitrogen and oxygen atoms in total. The number of carbonyl (C=O) groups excluding carboxylic acids is 1. The Kier molecular flexibility index (Phi) is 5.94. The normalized spacial score (nSPS) is 12.1. The molecule has 2 aromatic heterocycles. The predicted octanol–water partition coefficient (Wildman–Crippen LogP) is 6.59. The second-order valence-corrected chi connectivity index (χ2v) is 8.05. The molecule has 4 aromatic rings. The number of carbonyl (C=O) groups is 1. The van der Waals surface area contributed by atoms with Crippen LogP contribution in [0.2, 0.25) is 0 Å². The van der Waals surface area contributed by atoms with E-state index in [9.17, 15) is 31.1 Å². The molecule has 1 N–H and O–H groups in total. The van der Waals surface area contributed by atoms with Crippen LogP contribution in [0.4, 0.5) is 32.2 Å². The zero-order chi connectivity index (χ0) is 24.7. The minimum absolute atomic E-state index is 0.0359. The number of alkyl halides is 6. The van der Waals surface area contributed by atoms with Gasteiger partial charge in [0.2, 0.25) is 5.13 Å². The first-order valence-corrected chi connectivity index (χ1v) is 10.5. The lowest BCUT2D eigenvalue weighted by atomic mass is 10.0. The zero-order valence-corrected chi connectivity index (χ0v) is 18.0. The maximum atomic E-state index is 13.1. The van der Waals surface area contributed by atoms with E-state index < -0.39 is 35.0 Å². The fraction of sp³-hybridized carbons (Fsp3) is 0.136. The highest BCUT2D eigenvalue weighted by Crippen LogP contribution is 2.36. The predicted molar refractivity (Wildman–Crippen MR) is 114 cm³/mol. The average molecular weight is 496 g/mol. The lowest BCUT2D eigenvalue weighted by molar-refractivity contribution is -0.143. The molecule has 176 valence electrons. The first-order valence-electron chi connectivity index (χ1n) is 9.60. The molecule has 0 bridgehead atoms. The van der Waals surface area contributed by atoms with Gasteiger partial charge in [-0.3, -0.25) is 4.79 Å². The summed E-state index contributed by atoms with van der Waals surface area (Å²) < 4.78 is 80.1. The van der Waals surface area contributed by atoms with Gasteiger partial charge in [-0.2, -0.15) is 36.1 Å². The molecule has 1 amide bonds. The molecule has 0 atom stereocenters. The maximum Gasteiger partial charge on any atom is 0.416 e. The third-order valence-corrected chi connectivity index (χ3v) is 5.48. The van der Waals surface area contributed by atoms with Crippen LogP contribution in [0, 0.1) is 6.92 Å². The van der Waals surface area contributed by atoms with Gasteiger partial charge in [-0.1, -0.05) is 30.3 Å². The Hall–Kier alpha value is -3.67.